The normalized spacial score (nSPS) is 10.6. The summed E-state index contributed by atoms with van der Waals surface area (Å²) >= 11 is 0. The lowest BCUT2D eigenvalue weighted by Crippen LogP contribution is -1.92. The zero-order valence-corrected chi connectivity index (χ0v) is 9.38. The van der Waals surface area contributed by atoms with Crippen LogP contribution in [0.3, 0.4) is 0 Å². The Hall–Kier alpha value is -2.77. The van der Waals surface area contributed by atoms with Gasteiger partial charge in [0.25, 0.3) is 0 Å². The van der Waals surface area contributed by atoms with E-state index in [1.54, 1.807) is 6.07 Å². The van der Waals surface area contributed by atoms with Gasteiger partial charge in [-0.15, -0.1) is 10.2 Å². The van der Waals surface area contributed by atoms with Gasteiger partial charge in [-0.05, 0) is 29.5 Å². The van der Waals surface area contributed by atoms with Crippen LogP contribution in [0, 0.1) is 11.6 Å². The van der Waals surface area contributed by atoms with E-state index in [-0.39, 0.29) is 0 Å². The third-order valence-corrected chi connectivity index (χ3v) is 2.46. The van der Waals surface area contributed by atoms with Crippen molar-refractivity contribution in [3.8, 4) is 22.8 Å². The number of nitrogens with one attached hydrogen (secondary N) is 1. The fraction of sp³-hybridized carbons (Fsp3) is 0. The van der Waals surface area contributed by atoms with E-state index in [1.165, 1.54) is 12.4 Å². The highest BCUT2D eigenvalue weighted by Crippen LogP contribution is 2.21. The van der Waals surface area contributed by atoms with Gasteiger partial charge in [-0.2, -0.15) is 5.21 Å². The number of benzene rings is 1. The summed E-state index contributed by atoms with van der Waals surface area (Å²) in [5.41, 5.74) is 1.31. The van der Waals surface area contributed by atoms with E-state index >= 15 is 0 Å². The minimum Gasteiger partial charge on any atom is -0.236 e. The van der Waals surface area contributed by atoms with Crippen molar-refractivity contribution in [2.45, 2.75) is 0 Å². The fourth-order valence-corrected chi connectivity index (χ4v) is 1.56. The van der Waals surface area contributed by atoms with Crippen molar-refractivity contribution in [1.82, 2.24) is 30.6 Å². The molecule has 0 fully saturated rings. The molecule has 3 rings (SSSR count). The van der Waals surface area contributed by atoms with Crippen LogP contribution in [0.1, 0.15) is 0 Å². The van der Waals surface area contributed by atoms with Gasteiger partial charge in [0.05, 0.1) is 5.69 Å². The largest absolute Gasteiger partial charge is 0.236 e. The molecule has 0 saturated heterocycles. The van der Waals surface area contributed by atoms with Crippen LogP contribution < -0.4 is 0 Å². The Morgan fingerprint density at radius 3 is 2.53 bits per heavy atom. The van der Waals surface area contributed by atoms with Gasteiger partial charge in [0.2, 0.25) is 5.82 Å². The van der Waals surface area contributed by atoms with Crippen molar-refractivity contribution in [3.63, 3.8) is 0 Å². The molecular weight excluding hydrogens is 254 g/mol. The van der Waals surface area contributed by atoms with Gasteiger partial charge in [-0.25, -0.2) is 18.7 Å². The number of hydrogen-bond acceptors (Lipinski definition) is 5. The van der Waals surface area contributed by atoms with Gasteiger partial charge in [0.15, 0.2) is 11.6 Å². The van der Waals surface area contributed by atoms with Gasteiger partial charge in [-0.3, -0.25) is 0 Å². The maximum absolute atomic E-state index is 13.2. The van der Waals surface area contributed by atoms with Gasteiger partial charge < -0.3 is 0 Å². The highest BCUT2D eigenvalue weighted by molar-refractivity contribution is 5.63. The Morgan fingerprint density at radius 1 is 0.947 bits per heavy atom. The van der Waals surface area contributed by atoms with Crippen LogP contribution in [0.4, 0.5) is 8.78 Å². The molecule has 0 spiro atoms. The standard InChI is InChI=1S/C11H6F2N6/c12-7-2-1-6(3-8(7)13)9-4-10(15-5-14-9)11-16-18-19-17-11/h1-5H,(H,16,17,18,19). The molecule has 1 aromatic carbocycles. The molecule has 3 aromatic rings. The Morgan fingerprint density at radius 2 is 1.79 bits per heavy atom. The number of hydrogen-bond donors (Lipinski definition) is 1. The Balaban J connectivity index is 2.06. The fourth-order valence-electron chi connectivity index (χ4n) is 1.56. The summed E-state index contributed by atoms with van der Waals surface area (Å²) in [6.45, 7) is 0. The minimum atomic E-state index is -0.933. The van der Waals surface area contributed by atoms with E-state index < -0.39 is 11.6 Å². The van der Waals surface area contributed by atoms with Crippen molar-refractivity contribution >= 4 is 0 Å². The van der Waals surface area contributed by atoms with Gasteiger partial charge >= 0.3 is 0 Å². The van der Waals surface area contributed by atoms with E-state index in [0.29, 0.717) is 22.8 Å². The average Bonchev–Trinajstić information content (AvgIpc) is 2.96. The molecule has 0 bridgehead atoms. The van der Waals surface area contributed by atoms with Crippen LogP contribution in [0.25, 0.3) is 22.8 Å². The molecule has 94 valence electrons. The van der Waals surface area contributed by atoms with Gasteiger partial charge in [0.1, 0.15) is 12.0 Å². The van der Waals surface area contributed by atoms with Gasteiger partial charge in [0, 0.05) is 5.56 Å². The number of tetrazole rings is 1. The molecule has 0 aliphatic carbocycles. The van der Waals surface area contributed by atoms with E-state index in [9.17, 15) is 8.78 Å². The third-order valence-electron chi connectivity index (χ3n) is 2.46. The molecule has 0 amide bonds. The molecule has 2 aromatic heterocycles. The highest BCUT2D eigenvalue weighted by atomic mass is 19.2. The number of H-pyrrole nitrogens is 1. The molecular formula is C11H6F2N6. The average molecular weight is 260 g/mol. The smallest absolute Gasteiger partial charge is 0.223 e. The van der Waals surface area contributed by atoms with Crippen molar-refractivity contribution in [1.29, 1.82) is 0 Å². The first-order valence-corrected chi connectivity index (χ1v) is 5.25. The minimum absolute atomic E-state index is 0.297. The highest BCUT2D eigenvalue weighted by Gasteiger charge is 2.09. The molecule has 0 unspecified atom stereocenters. The predicted molar refractivity (Wildman–Crippen MR) is 60.6 cm³/mol. The van der Waals surface area contributed by atoms with E-state index in [2.05, 4.69) is 30.6 Å². The monoisotopic (exact) mass is 260 g/mol. The first-order valence-electron chi connectivity index (χ1n) is 5.25. The molecule has 8 heteroatoms. The molecule has 19 heavy (non-hydrogen) atoms. The molecule has 1 N–H and O–H groups in total. The van der Waals surface area contributed by atoms with Crippen molar-refractivity contribution in [2.24, 2.45) is 0 Å². The topological polar surface area (TPSA) is 80.2 Å². The van der Waals surface area contributed by atoms with Crippen LogP contribution >= 0.6 is 0 Å². The lowest BCUT2D eigenvalue weighted by molar-refractivity contribution is 0.509. The predicted octanol–water partition coefficient (Wildman–Crippen LogP) is 1.60. The summed E-state index contributed by atoms with van der Waals surface area (Å²) in [6.07, 6.45) is 1.29. The molecule has 0 aliphatic rings. The quantitative estimate of drug-likeness (QED) is 0.757. The Bertz CT molecular complexity index is 713. The number of nitrogens with zero attached hydrogens (tertiary/aromatic N) is 5. The van der Waals surface area contributed by atoms with Crippen molar-refractivity contribution in [3.05, 3.63) is 42.2 Å². The molecule has 0 saturated carbocycles. The van der Waals surface area contributed by atoms with Gasteiger partial charge in [-0.1, -0.05) is 0 Å². The zero-order valence-electron chi connectivity index (χ0n) is 9.38. The number of aromatic nitrogens is 6. The molecule has 0 atom stereocenters. The van der Waals surface area contributed by atoms with Crippen LogP contribution in [-0.4, -0.2) is 30.6 Å². The summed E-state index contributed by atoms with van der Waals surface area (Å²) < 4.78 is 26.1. The molecule has 0 aliphatic heterocycles. The summed E-state index contributed by atoms with van der Waals surface area (Å²) in [6, 6.07) is 5.11. The second kappa shape index (κ2) is 4.48. The number of halogens is 2. The van der Waals surface area contributed by atoms with E-state index in [4.69, 9.17) is 0 Å². The summed E-state index contributed by atoms with van der Waals surface area (Å²) in [4.78, 5) is 7.99. The van der Waals surface area contributed by atoms with Crippen molar-refractivity contribution < 1.29 is 8.78 Å². The Labute approximate surface area is 105 Å². The molecule has 2 heterocycles. The Kier molecular flexibility index (Phi) is 2.67. The summed E-state index contributed by atoms with van der Waals surface area (Å²) in [5, 5.41) is 13.3. The molecule has 6 nitrogen and oxygen atoms in total. The zero-order chi connectivity index (χ0) is 13.2. The van der Waals surface area contributed by atoms with Crippen LogP contribution in [0.2, 0.25) is 0 Å². The lowest BCUT2D eigenvalue weighted by atomic mass is 10.1. The second-order valence-electron chi connectivity index (χ2n) is 3.65. The third kappa shape index (κ3) is 2.15. The van der Waals surface area contributed by atoms with E-state index in [1.807, 2.05) is 0 Å². The lowest BCUT2D eigenvalue weighted by Gasteiger charge is -2.02. The summed E-state index contributed by atoms with van der Waals surface area (Å²) in [7, 11) is 0. The number of rotatable bonds is 2. The molecule has 0 radical (unpaired) electrons. The first kappa shape index (κ1) is 11.3. The SMILES string of the molecule is Fc1ccc(-c2cc(-c3nn[nH]n3)ncn2)cc1F. The van der Waals surface area contributed by atoms with Crippen LogP contribution in [-0.2, 0) is 0 Å². The maximum atomic E-state index is 13.2. The summed E-state index contributed by atoms with van der Waals surface area (Å²) in [5.74, 6) is -1.54. The van der Waals surface area contributed by atoms with Crippen LogP contribution in [0.15, 0.2) is 30.6 Å². The maximum Gasteiger partial charge on any atom is 0.223 e. The van der Waals surface area contributed by atoms with Crippen LogP contribution in [0.5, 0.6) is 0 Å². The van der Waals surface area contributed by atoms with E-state index in [0.717, 1.165) is 12.1 Å². The first-order chi connectivity index (χ1) is 9.24. The second-order valence-corrected chi connectivity index (χ2v) is 3.65. The number of aromatic amines is 1. The van der Waals surface area contributed by atoms with Crippen molar-refractivity contribution in [2.75, 3.05) is 0 Å².